The summed E-state index contributed by atoms with van der Waals surface area (Å²) in [6, 6.07) is -0.359. The van der Waals surface area contributed by atoms with Crippen molar-refractivity contribution in [2.24, 2.45) is 5.84 Å². The van der Waals surface area contributed by atoms with Crippen molar-refractivity contribution in [1.82, 2.24) is 10.4 Å². The normalized spacial score (nSPS) is 14.1. The molecule has 0 fully saturated rings. The zero-order valence-corrected chi connectivity index (χ0v) is 7.47. The predicted octanol–water partition coefficient (Wildman–Crippen LogP) is 1.46. The smallest absolute Gasteiger partial charge is 0.271 e. The number of hydrogen-bond acceptors (Lipinski definition) is 3. The lowest BCUT2D eigenvalue weighted by Crippen LogP contribution is -2.38. The minimum Gasteiger partial charge on any atom is -0.271 e. The van der Waals surface area contributed by atoms with E-state index >= 15 is 0 Å². The first-order valence-electron chi connectivity index (χ1n) is 3.90. The number of halogens is 3. The lowest BCUT2D eigenvalue weighted by atomic mass is 10.0. The monoisotopic (exact) mass is 205 g/mol. The number of nitrogens with one attached hydrogen (secondary N) is 1. The van der Waals surface area contributed by atoms with Crippen LogP contribution in [-0.4, -0.2) is 11.2 Å². The van der Waals surface area contributed by atoms with E-state index in [4.69, 9.17) is 5.84 Å². The van der Waals surface area contributed by atoms with E-state index in [2.05, 4.69) is 4.98 Å². The number of nitrogens with zero attached hydrogens (tertiary/aromatic N) is 1. The second-order valence-corrected chi connectivity index (χ2v) is 2.87. The molecule has 3 N–H and O–H groups in total. The standard InChI is InChI=1S/C8H10F3N3/c1-5-2-3-13-4-6(5)7(14-12)8(9,10)11/h2-4,7,14H,12H2,1H3. The van der Waals surface area contributed by atoms with Crippen molar-refractivity contribution < 1.29 is 13.2 Å². The van der Waals surface area contributed by atoms with Gasteiger partial charge < -0.3 is 0 Å². The van der Waals surface area contributed by atoms with E-state index in [1.165, 1.54) is 12.3 Å². The zero-order valence-electron chi connectivity index (χ0n) is 7.47. The maximum Gasteiger partial charge on any atom is 0.409 e. The molecule has 0 saturated heterocycles. The van der Waals surface area contributed by atoms with Crippen LogP contribution in [0.2, 0.25) is 0 Å². The maximum absolute atomic E-state index is 12.4. The minimum atomic E-state index is -4.41. The zero-order chi connectivity index (χ0) is 10.8. The molecule has 0 aliphatic rings. The third-order valence-electron chi connectivity index (χ3n) is 1.88. The Bertz CT molecular complexity index is 311. The minimum absolute atomic E-state index is 0.0440. The highest BCUT2D eigenvalue weighted by molar-refractivity contribution is 5.26. The van der Waals surface area contributed by atoms with Crippen LogP contribution in [0.5, 0.6) is 0 Å². The van der Waals surface area contributed by atoms with Crippen molar-refractivity contribution in [1.29, 1.82) is 0 Å². The van der Waals surface area contributed by atoms with E-state index in [1.54, 1.807) is 12.3 Å². The Morgan fingerprint density at radius 3 is 2.57 bits per heavy atom. The summed E-state index contributed by atoms with van der Waals surface area (Å²) in [7, 11) is 0. The summed E-state index contributed by atoms with van der Waals surface area (Å²) >= 11 is 0. The Morgan fingerprint density at radius 2 is 2.14 bits per heavy atom. The Kier molecular flexibility index (Phi) is 3.07. The van der Waals surface area contributed by atoms with Crippen LogP contribution in [0, 0.1) is 6.92 Å². The molecular formula is C8H10F3N3. The summed E-state index contributed by atoms with van der Waals surface area (Å²) in [4.78, 5) is 3.63. The molecule has 3 nitrogen and oxygen atoms in total. The third kappa shape index (κ3) is 2.21. The van der Waals surface area contributed by atoms with Gasteiger partial charge in [0.05, 0.1) is 0 Å². The van der Waals surface area contributed by atoms with Crippen LogP contribution in [0.3, 0.4) is 0 Å². The van der Waals surface area contributed by atoms with Gasteiger partial charge in [0.25, 0.3) is 0 Å². The fraction of sp³-hybridized carbons (Fsp3) is 0.375. The van der Waals surface area contributed by atoms with Crippen LogP contribution in [-0.2, 0) is 0 Å². The summed E-state index contributed by atoms with van der Waals surface area (Å²) < 4.78 is 37.2. The fourth-order valence-electron chi connectivity index (χ4n) is 1.14. The number of alkyl halides is 3. The van der Waals surface area contributed by atoms with Gasteiger partial charge in [0.1, 0.15) is 6.04 Å². The van der Waals surface area contributed by atoms with Crippen LogP contribution in [0.15, 0.2) is 18.5 Å². The third-order valence-corrected chi connectivity index (χ3v) is 1.88. The number of aryl methyl sites for hydroxylation is 1. The first kappa shape index (κ1) is 10.9. The van der Waals surface area contributed by atoms with Crippen LogP contribution in [0.1, 0.15) is 17.2 Å². The molecule has 1 aromatic heterocycles. The van der Waals surface area contributed by atoms with Crippen molar-refractivity contribution >= 4 is 0 Å². The van der Waals surface area contributed by atoms with Gasteiger partial charge in [0.2, 0.25) is 0 Å². The van der Waals surface area contributed by atoms with Crippen LogP contribution < -0.4 is 11.3 Å². The van der Waals surface area contributed by atoms with E-state index in [9.17, 15) is 13.2 Å². The lowest BCUT2D eigenvalue weighted by molar-refractivity contribution is -0.158. The Balaban J connectivity index is 3.08. The molecule has 0 amide bonds. The molecule has 0 aromatic carbocycles. The topological polar surface area (TPSA) is 50.9 Å². The molecule has 0 saturated carbocycles. The highest BCUT2D eigenvalue weighted by Crippen LogP contribution is 2.32. The van der Waals surface area contributed by atoms with Gasteiger partial charge in [0.15, 0.2) is 0 Å². The average Bonchev–Trinajstić information content (AvgIpc) is 2.07. The second-order valence-electron chi connectivity index (χ2n) is 2.87. The number of hydrogen-bond donors (Lipinski definition) is 2. The molecule has 1 aromatic rings. The van der Waals surface area contributed by atoms with Crippen molar-refractivity contribution in [3.05, 3.63) is 29.6 Å². The molecule has 78 valence electrons. The highest BCUT2D eigenvalue weighted by atomic mass is 19.4. The van der Waals surface area contributed by atoms with Gasteiger partial charge in [-0.25, -0.2) is 5.43 Å². The molecule has 0 aliphatic heterocycles. The van der Waals surface area contributed by atoms with Gasteiger partial charge in [0, 0.05) is 18.0 Å². The molecule has 0 spiro atoms. The quantitative estimate of drug-likeness (QED) is 0.567. The van der Waals surface area contributed by atoms with E-state index in [0.29, 0.717) is 5.56 Å². The SMILES string of the molecule is Cc1ccncc1C(NN)C(F)(F)F. The maximum atomic E-state index is 12.4. The Labute approximate surface area is 79.1 Å². The summed E-state index contributed by atoms with van der Waals surface area (Å²) in [6.07, 6.45) is -1.82. The molecule has 14 heavy (non-hydrogen) atoms. The molecule has 1 atom stereocenters. The summed E-state index contributed by atoms with van der Waals surface area (Å²) in [6.45, 7) is 1.58. The summed E-state index contributed by atoms with van der Waals surface area (Å²) in [5.41, 5.74) is 2.28. The van der Waals surface area contributed by atoms with Crippen LogP contribution in [0.4, 0.5) is 13.2 Å². The fourth-order valence-corrected chi connectivity index (χ4v) is 1.14. The Morgan fingerprint density at radius 1 is 1.50 bits per heavy atom. The number of aromatic nitrogens is 1. The van der Waals surface area contributed by atoms with Crippen molar-refractivity contribution in [2.45, 2.75) is 19.1 Å². The van der Waals surface area contributed by atoms with Crippen molar-refractivity contribution in [3.8, 4) is 0 Å². The highest BCUT2D eigenvalue weighted by Gasteiger charge is 2.40. The molecular weight excluding hydrogens is 195 g/mol. The van der Waals surface area contributed by atoms with Crippen molar-refractivity contribution in [2.75, 3.05) is 0 Å². The van der Waals surface area contributed by atoms with Crippen LogP contribution >= 0.6 is 0 Å². The van der Waals surface area contributed by atoms with Crippen LogP contribution in [0.25, 0.3) is 0 Å². The van der Waals surface area contributed by atoms with Gasteiger partial charge in [-0.3, -0.25) is 10.8 Å². The second kappa shape index (κ2) is 3.93. The largest absolute Gasteiger partial charge is 0.409 e. The summed E-state index contributed by atoms with van der Waals surface area (Å²) in [5, 5.41) is 0. The predicted molar refractivity (Wildman–Crippen MR) is 45.1 cm³/mol. The van der Waals surface area contributed by atoms with E-state index in [1.807, 2.05) is 0 Å². The lowest BCUT2D eigenvalue weighted by Gasteiger charge is -2.20. The van der Waals surface area contributed by atoms with E-state index in [-0.39, 0.29) is 5.56 Å². The molecule has 0 radical (unpaired) electrons. The molecule has 1 heterocycles. The van der Waals surface area contributed by atoms with Gasteiger partial charge in [-0.05, 0) is 18.6 Å². The molecule has 1 rings (SSSR count). The van der Waals surface area contributed by atoms with Gasteiger partial charge in [-0.2, -0.15) is 13.2 Å². The van der Waals surface area contributed by atoms with Crippen molar-refractivity contribution in [3.63, 3.8) is 0 Å². The average molecular weight is 205 g/mol. The molecule has 6 heteroatoms. The van der Waals surface area contributed by atoms with Gasteiger partial charge >= 0.3 is 6.18 Å². The first-order valence-corrected chi connectivity index (χ1v) is 3.90. The summed E-state index contributed by atoms with van der Waals surface area (Å²) in [5.74, 6) is 4.86. The number of rotatable bonds is 2. The number of hydrazine groups is 1. The van der Waals surface area contributed by atoms with E-state index in [0.717, 1.165) is 6.20 Å². The number of pyridine rings is 1. The van der Waals surface area contributed by atoms with Gasteiger partial charge in [-0.15, -0.1) is 0 Å². The van der Waals surface area contributed by atoms with Gasteiger partial charge in [-0.1, -0.05) is 0 Å². The van der Waals surface area contributed by atoms with E-state index < -0.39 is 12.2 Å². The Hall–Kier alpha value is -1.14. The molecule has 1 unspecified atom stereocenters. The first-order chi connectivity index (χ1) is 6.46. The number of nitrogens with two attached hydrogens (primary N) is 1. The molecule has 0 bridgehead atoms. The molecule has 0 aliphatic carbocycles.